The second-order valence-electron chi connectivity index (χ2n) is 6.49. The van der Waals surface area contributed by atoms with Crippen molar-refractivity contribution >= 4 is 11.8 Å². The van der Waals surface area contributed by atoms with E-state index in [1.54, 1.807) is 20.3 Å². The standard InChI is InChI=1S/C23H23N3O4/c1-29-19-7-3-16(4-8-19)14-25-22(27)18-11-12-24-21(13-18)23(28)26-15-17-5-9-20(30-2)10-6-17/h3-13H,14-15H2,1-2H3,(H,25,27)(H,26,28). The van der Waals surface area contributed by atoms with Crippen molar-refractivity contribution in [2.24, 2.45) is 0 Å². The molecule has 7 nitrogen and oxygen atoms in total. The van der Waals surface area contributed by atoms with Crippen molar-refractivity contribution in [1.29, 1.82) is 0 Å². The summed E-state index contributed by atoms with van der Waals surface area (Å²) in [6.45, 7) is 0.711. The maximum absolute atomic E-state index is 12.4. The molecule has 2 N–H and O–H groups in total. The van der Waals surface area contributed by atoms with Crippen molar-refractivity contribution in [2.45, 2.75) is 13.1 Å². The summed E-state index contributed by atoms with van der Waals surface area (Å²) in [5.41, 5.74) is 2.42. The number of carbonyl (C=O) groups excluding carboxylic acids is 2. The SMILES string of the molecule is COc1ccc(CNC(=O)c2ccnc(C(=O)NCc3ccc(OC)cc3)c2)cc1. The molecule has 0 atom stereocenters. The van der Waals surface area contributed by atoms with Crippen molar-refractivity contribution < 1.29 is 19.1 Å². The predicted molar refractivity (Wildman–Crippen MR) is 113 cm³/mol. The average Bonchev–Trinajstić information content (AvgIpc) is 2.81. The van der Waals surface area contributed by atoms with Crippen LogP contribution in [-0.4, -0.2) is 31.0 Å². The van der Waals surface area contributed by atoms with Gasteiger partial charge >= 0.3 is 0 Å². The highest BCUT2D eigenvalue weighted by Crippen LogP contribution is 2.12. The molecule has 154 valence electrons. The van der Waals surface area contributed by atoms with Crippen LogP contribution >= 0.6 is 0 Å². The minimum Gasteiger partial charge on any atom is -0.497 e. The summed E-state index contributed by atoms with van der Waals surface area (Å²) in [7, 11) is 3.20. The van der Waals surface area contributed by atoms with Crippen molar-refractivity contribution in [2.75, 3.05) is 14.2 Å². The van der Waals surface area contributed by atoms with Gasteiger partial charge in [0.05, 0.1) is 14.2 Å². The summed E-state index contributed by atoms with van der Waals surface area (Å²) in [5, 5.41) is 5.64. The molecule has 2 amide bonds. The number of aromatic nitrogens is 1. The minimum absolute atomic E-state index is 0.181. The fourth-order valence-corrected chi connectivity index (χ4v) is 2.74. The Morgan fingerprint density at radius 1 is 0.767 bits per heavy atom. The van der Waals surface area contributed by atoms with Crippen LogP contribution < -0.4 is 20.1 Å². The zero-order chi connectivity index (χ0) is 21.3. The summed E-state index contributed by atoms with van der Waals surface area (Å²) in [6.07, 6.45) is 1.45. The number of ether oxygens (including phenoxy) is 2. The number of benzene rings is 2. The van der Waals surface area contributed by atoms with E-state index in [0.717, 1.165) is 22.6 Å². The maximum Gasteiger partial charge on any atom is 0.270 e. The van der Waals surface area contributed by atoms with Gasteiger partial charge in [0.2, 0.25) is 0 Å². The molecule has 1 heterocycles. The molecule has 0 saturated carbocycles. The molecule has 0 aliphatic heterocycles. The molecule has 7 heteroatoms. The Morgan fingerprint density at radius 3 is 1.77 bits per heavy atom. The van der Waals surface area contributed by atoms with Crippen LogP contribution in [0.3, 0.4) is 0 Å². The van der Waals surface area contributed by atoms with Gasteiger partial charge < -0.3 is 20.1 Å². The summed E-state index contributed by atoms with van der Waals surface area (Å²) in [4.78, 5) is 28.9. The van der Waals surface area contributed by atoms with Crippen molar-refractivity contribution in [1.82, 2.24) is 15.6 Å². The molecule has 0 saturated heterocycles. The topological polar surface area (TPSA) is 89.5 Å². The second-order valence-corrected chi connectivity index (χ2v) is 6.49. The lowest BCUT2D eigenvalue weighted by atomic mass is 10.1. The van der Waals surface area contributed by atoms with E-state index in [1.165, 1.54) is 12.3 Å². The molecule has 0 fully saturated rings. The van der Waals surface area contributed by atoms with Gasteiger partial charge in [0, 0.05) is 24.8 Å². The summed E-state index contributed by atoms with van der Waals surface area (Å²) in [5.74, 6) is 0.873. The number of nitrogens with one attached hydrogen (secondary N) is 2. The number of carbonyl (C=O) groups is 2. The molecule has 3 aromatic rings. The fraction of sp³-hybridized carbons (Fsp3) is 0.174. The average molecular weight is 405 g/mol. The van der Waals surface area contributed by atoms with Crippen LogP contribution in [0.1, 0.15) is 32.0 Å². The van der Waals surface area contributed by atoms with E-state index >= 15 is 0 Å². The molecule has 2 aromatic carbocycles. The number of rotatable bonds is 8. The molecule has 0 aliphatic rings. The van der Waals surface area contributed by atoms with Crippen molar-refractivity contribution in [3.05, 3.63) is 89.2 Å². The van der Waals surface area contributed by atoms with E-state index < -0.39 is 0 Å². The number of hydrogen-bond donors (Lipinski definition) is 2. The zero-order valence-electron chi connectivity index (χ0n) is 16.8. The van der Waals surface area contributed by atoms with E-state index in [1.807, 2.05) is 48.5 Å². The Bertz CT molecular complexity index is 923. The first-order chi connectivity index (χ1) is 14.6. The van der Waals surface area contributed by atoms with Gasteiger partial charge in [0.25, 0.3) is 11.8 Å². The van der Waals surface area contributed by atoms with Gasteiger partial charge in [-0.25, -0.2) is 0 Å². The Labute approximate surface area is 175 Å². The molecule has 0 bridgehead atoms. The summed E-state index contributed by atoms with van der Waals surface area (Å²) >= 11 is 0. The van der Waals surface area contributed by atoms with Gasteiger partial charge in [-0.15, -0.1) is 0 Å². The molecule has 0 aliphatic carbocycles. The van der Waals surface area contributed by atoms with Crippen molar-refractivity contribution in [3.63, 3.8) is 0 Å². The number of methoxy groups -OCH3 is 2. The number of pyridine rings is 1. The first-order valence-electron chi connectivity index (χ1n) is 9.37. The van der Waals surface area contributed by atoms with Crippen LogP contribution in [0.25, 0.3) is 0 Å². The van der Waals surface area contributed by atoms with Gasteiger partial charge in [-0.2, -0.15) is 0 Å². The van der Waals surface area contributed by atoms with Gasteiger partial charge in [-0.1, -0.05) is 24.3 Å². The quantitative estimate of drug-likeness (QED) is 0.601. The minimum atomic E-state index is -0.351. The highest BCUT2D eigenvalue weighted by Gasteiger charge is 2.12. The third kappa shape index (κ3) is 5.57. The third-order valence-corrected chi connectivity index (χ3v) is 4.48. The molecule has 3 rings (SSSR count). The zero-order valence-corrected chi connectivity index (χ0v) is 16.8. The van der Waals surface area contributed by atoms with Crippen LogP contribution in [0.5, 0.6) is 11.5 Å². The lowest BCUT2D eigenvalue weighted by Crippen LogP contribution is -2.26. The third-order valence-electron chi connectivity index (χ3n) is 4.48. The smallest absolute Gasteiger partial charge is 0.270 e. The molecule has 30 heavy (non-hydrogen) atoms. The first kappa shape index (κ1) is 20.9. The number of hydrogen-bond acceptors (Lipinski definition) is 5. The van der Waals surface area contributed by atoms with E-state index in [2.05, 4.69) is 15.6 Å². The Balaban J connectivity index is 1.56. The summed E-state index contributed by atoms with van der Waals surface area (Å²) in [6, 6.07) is 17.9. The Hall–Kier alpha value is -3.87. The van der Waals surface area contributed by atoms with E-state index in [9.17, 15) is 9.59 Å². The molecule has 0 unspecified atom stereocenters. The predicted octanol–water partition coefficient (Wildman–Crippen LogP) is 2.96. The maximum atomic E-state index is 12.4. The summed E-state index contributed by atoms with van der Waals surface area (Å²) < 4.78 is 10.2. The number of nitrogens with zero attached hydrogens (tertiary/aromatic N) is 1. The Kier molecular flexibility index (Phi) is 7.00. The van der Waals surface area contributed by atoms with E-state index in [4.69, 9.17) is 9.47 Å². The van der Waals surface area contributed by atoms with Crippen molar-refractivity contribution in [3.8, 4) is 11.5 Å². The lowest BCUT2D eigenvalue weighted by Gasteiger charge is -2.08. The first-order valence-corrected chi connectivity index (χ1v) is 9.37. The molecular formula is C23H23N3O4. The monoisotopic (exact) mass is 405 g/mol. The Morgan fingerprint density at radius 2 is 1.27 bits per heavy atom. The fourth-order valence-electron chi connectivity index (χ4n) is 2.74. The lowest BCUT2D eigenvalue weighted by molar-refractivity contribution is 0.0946. The van der Waals surface area contributed by atoms with Crippen LogP contribution in [0, 0.1) is 0 Å². The van der Waals surface area contributed by atoms with Gasteiger partial charge in [0.15, 0.2) is 0 Å². The van der Waals surface area contributed by atoms with E-state index in [-0.39, 0.29) is 17.5 Å². The van der Waals surface area contributed by atoms with Gasteiger partial charge in [-0.05, 0) is 47.5 Å². The second kappa shape index (κ2) is 10.1. The van der Waals surface area contributed by atoms with Crippen LogP contribution in [0.4, 0.5) is 0 Å². The molecular weight excluding hydrogens is 382 g/mol. The molecule has 0 radical (unpaired) electrons. The van der Waals surface area contributed by atoms with Crippen LogP contribution in [0.15, 0.2) is 66.9 Å². The molecule has 0 spiro atoms. The van der Waals surface area contributed by atoms with Gasteiger partial charge in [0.1, 0.15) is 17.2 Å². The van der Waals surface area contributed by atoms with Crippen LogP contribution in [-0.2, 0) is 13.1 Å². The van der Waals surface area contributed by atoms with E-state index in [0.29, 0.717) is 18.7 Å². The normalized spacial score (nSPS) is 10.2. The molecule has 1 aromatic heterocycles. The highest BCUT2D eigenvalue weighted by atomic mass is 16.5. The largest absolute Gasteiger partial charge is 0.497 e. The van der Waals surface area contributed by atoms with Gasteiger partial charge in [-0.3, -0.25) is 14.6 Å². The van der Waals surface area contributed by atoms with Crippen LogP contribution in [0.2, 0.25) is 0 Å². The number of amides is 2. The highest BCUT2D eigenvalue weighted by molar-refractivity contribution is 5.98.